The predicted octanol–water partition coefficient (Wildman–Crippen LogP) is 2.87. The molecule has 0 radical (unpaired) electrons. The lowest BCUT2D eigenvalue weighted by molar-refractivity contribution is 1.51. The zero-order valence-corrected chi connectivity index (χ0v) is 7.37. The number of halogens is 1. The van der Waals surface area contributed by atoms with Crippen molar-refractivity contribution in [3.8, 4) is 6.07 Å². The third kappa shape index (κ3) is 1.83. The Balaban J connectivity index is 2.91. The van der Waals surface area contributed by atoms with Crippen LogP contribution in [0.2, 0.25) is 0 Å². The minimum Gasteiger partial charge on any atom is -0.192 e. The van der Waals surface area contributed by atoms with Gasteiger partial charge in [0.05, 0.1) is 5.56 Å². The number of allylic oxidation sites excluding steroid dienone is 1. The molecule has 0 spiro atoms. The van der Waals surface area contributed by atoms with Gasteiger partial charge in [-0.2, -0.15) is 5.26 Å². The average molecular weight is 184 g/mol. The van der Waals surface area contributed by atoms with Crippen LogP contribution in [0.5, 0.6) is 0 Å². The van der Waals surface area contributed by atoms with E-state index >= 15 is 0 Å². The smallest absolute Gasteiger partial charge is 0.100 e. The molecule has 0 bridgehead atoms. The molecule has 0 saturated carbocycles. The largest absolute Gasteiger partial charge is 0.192 e. The summed E-state index contributed by atoms with van der Waals surface area (Å²) in [5, 5.41) is 10.3. The normalized spacial score (nSPS) is 9.09. The lowest BCUT2D eigenvalue weighted by Crippen LogP contribution is -1.76. The number of rotatable bonds is 2. The van der Waals surface area contributed by atoms with Crippen LogP contribution < -0.4 is 0 Å². The fraction of sp³-hybridized carbons (Fsp3) is 0.125. The molecule has 0 unspecified atom stereocenters. The number of nitrogens with zero attached hydrogens (tertiary/aromatic N) is 1. The quantitative estimate of drug-likeness (QED) is 0.647. The highest BCUT2D eigenvalue weighted by Gasteiger charge is 2.00. The van der Waals surface area contributed by atoms with Crippen LogP contribution in [-0.2, 0) is 0 Å². The van der Waals surface area contributed by atoms with E-state index in [0.29, 0.717) is 11.4 Å². The third-order valence-electron chi connectivity index (χ3n) is 1.24. The van der Waals surface area contributed by atoms with Gasteiger partial charge in [0.25, 0.3) is 0 Å². The van der Waals surface area contributed by atoms with E-state index in [2.05, 4.69) is 12.6 Å². The van der Waals surface area contributed by atoms with Crippen LogP contribution in [-0.4, -0.2) is 5.88 Å². The van der Waals surface area contributed by atoms with E-state index in [4.69, 9.17) is 16.9 Å². The van der Waals surface area contributed by atoms with Crippen molar-refractivity contribution in [3.63, 3.8) is 0 Å². The van der Waals surface area contributed by atoms with Gasteiger partial charge < -0.3 is 0 Å². The molecule has 0 amide bonds. The average Bonchev–Trinajstić information content (AvgIpc) is 2.50. The summed E-state index contributed by atoms with van der Waals surface area (Å²) in [6.45, 7) is 3.76. The van der Waals surface area contributed by atoms with Crippen LogP contribution in [0.3, 0.4) is 0 Å². The SMILES string of the molecule is C=C(CCl)c1cc(C#N)cs1. The fourth-order valence-electron chi connectivity index (χ4n) is 0.646. The van der Waals surface area contributed by atoms with E-state index in [-0.39, 0.29) is 0 Å². The summed E-state index contributed by atoms with van der Waals surface area (Å²) in [5.41, 5.74) is 1.55. The monoisotopic (exact) mass is 183 g/mol. The van der Waals surface area contributed by atoms with Crippen LogP contribution in [0.1, 0.15) is 10.4 Å². The molecule has 0 aliphatic carbocycles. The highest BCUT2D eigenvalue weighted by atomic mass is 35.5. The summed E-state index contributed by atoms with van der Waals surface area (Å²) in [4.78, 5) is 0.997. The summed E-state index contributed by atoms with van der Waals surface area (Å²) in [6, 6.07) is 3.85. The van der Waals surface area contributed by atoms with Crippen molar-refractivity contribution in [3.05, 3.63) is 28.5 Å². The van der Waals surface area contributed by atoms with Crippen LogP contribution in [0.25, 0.3) is 5.57 Å². The topological polar surface area (TPSA) is 23.8 Å². The van der Waals surface area contributed by atoms with Gasteiger partial charge in [0.15, 0.2) is 0 Å². The molecule has 3 heteroatoms. The maximum Gasteiger partial charge on any atom is 0.100 e. The first-order valence-electron chi connectivity index (χ1n) is 3.00. The van der Waals surface area contributed by atoms with Gasteiger partial charge in [0, 0.05) is 16.1 Å². The van der Waals surface area contributed by atoms with E-state index in [0.717, 1.165) is 10.5 Å². The minimum absolute atomic E-state index is 0.422. The molecular weight excluding hydrogens is 178 g/mol. The Labute approximate surface area is 74.5 Å². The van der Waals surface area contributed by atoms with E-state index in [1.807, 2.05) is 0 Å². The Bertz CT molecular complexity index is 308. The zero-order chi connectivity index (χ0) is 8.27. The van der Waals surface area contributed by atoms with Gasteiger partial charge in [0.1, 0.15) is 6.07 Å². The molecule has 0 N–H and O–H groups in total. The molecule has 0 saturated heterocycles. The van der Waals surface area contributed by atoms with Gasteiger partial charge in [-0.15, -0.1) is 22.9 Å². The molecule has 1 rings (SSSR count). The van der Waals surface area contributed by atoms with Crippen molar-refractivity contribution in [1.82, 2.24) is 0 Å². The Kier molecular flexibility index (Phi) is 2.70. The third-order valence-corrected chi connectivity index (χ3v) is 2.59. The summed E-state index contributed by atoms with van der Waals surface area (Å²) in [6.07, 6.45) is 0. The summed E-state index contributed by atoms with van der Waals surface area (Å²) in [5.74, 6) is 0.422. The molecule has 0 aromatic carbocycles. The molecule has 1 aromatic rings. The lowest BCUT2D eigenvalue weighted by Gasteiger charge is -1.92. The highest BCUT2D eigenvalue weighted by molar-refractivity contribution is 7.11. The Hall–Kier alpha value is -0.780. The zero-order valence-electron chi connectivity index (χ0n) is 5.80. The minimum atomic E-state index is 0.422. The van der Waals surface area contributed by atoms with Crippen molar-refractivity contribution >= 4 is 28.5 Å². The Morgan fingerprint density at radius 1 is 1.82 bits per heavy atom. The molecule has 1 aromatic heterocycles. The van der Waals surface area contributed by atoms with Crippen LogP contribution >= 0.6 is 22.9 Å². The molecule has 1 nitrogen and oxygen atoms in total. The predicted molar refractivity (Wildman–Crippen MR) is 48.8 cm³/mol. The number of hydrogen-bond acceptors (Lipinski definition) is 2. The second-order valence-electron chi connectivity index (χ2n) is 2.05. The van der Waals surface area contributed by atoms with E-state index in [9.17, 15) is 0 Å². The van der Waals surface area contributed by atoms with Gasteiger partial charge in [-0.05, 0) is 11.6 Å². The second-order valence-corrected chi connectivity index (χ2v) is 3.23. The second kappa shape index (κ2) is 3.56. The number of hydrogen-bond donors (Lipinski definition) is 0. The highest BCUT2D eigenvalue weighted by Crippen LogP contribution is 2.21. The molecule has 0 aliphatic heterocycles. The van der Waals surface area contributed by atoms with Gasteiger partial charge in [-0.3, -0.25) is 0 Å². The number of nitriles is 1. The number of alkyl halides is 1. The molecular formula is C8H6ClNS. The molecule has 0 fully saturated rings. The molecule has 0 aliphatic rings. The van der Waals surface area contributed by atoms with Crippen LogP contribution in [0.4, 0.5) is 0 Å². The van der Waals surface area contributed by atoms with Crippen molar-refractivity contribution in [1.29, 1.82) is 5.26 Å². The molecule has 0 atom stereocenters. The van der Waals surface area contributed by atoms with Crippen LogP contribution in [0, 0.1) is 11.3 Å². The van der Waals surface area contributed by atoms with Crippen molar-refractivity contribution in [2.24, 2.45) is 0 Å². The van der Waals surface area contributed by atoms with E-state index in [1.165, 1.54) is 11.3 Å². The van der Waals surface area contributed by atoms with E-state index in [1.54, 1.807) is 11.4 Å². The summed E-state index contributed by atoms with van der Waals surface area (Å²) < 4.78 is 0. The number of thiophene rings is 1. The maximum atomic E-state index is 8.50. The standard InChI is InChI=1S/C8H6ClNS/c1-6(3-9)8-2-7(4-10)5-11-8/h2,5H,1,3H2. The summed E-state index contributed by atoms with van der Waals surface area (Å²) >= 11 is 7.06. The van der Waals surface area contributed by atoms with Gasteiger partial charge in [-0.25, -0.2) is 0 Å². The van der Waals surface area contributed by atoms with Crippen molar-refractivity contribution in [2.45, 2.75) is 0 Å². The van der Waals surface area contributed by atoms with E-state index < -0.39 is 0 Å². The molecule has 11 heavy (non-hydrogen) atoms. The molecule has 1 heterocycles. The fourth-order valence-corrected chi connectivity index (χ4v) is 1.68. The molecule has 56 valence electrons. The lowest BCUT2D eigenvalue weighted by atomic mass is 10.2. The van der Waals surface area contributed by atoms with Gasteiger partial charge in [0.2, 0.25) is 0 Å². The Morgan fingerprint density at radius 2 is 2.55 bits per heavy atom. The van der Waals surface area contributed by atoms with Crippen LogP contribution in [0.15, 0.2) is 18.0 Å². The van der Waals surface area contributed by atoms with Crippen molar-refractivity contribution < 1.29 is 0 Å². The Morgan fingerprint density at radius 3 is 3.00 bits per heavy atom. The first-order chi connectivity index (χ1) is 5.27. The van der Waals surface area contributed by atoms with Crippen molar-refractivity contribution in [2.75, 3.05) is 5.88 Å². The first kappa shape index (κ1) is 8.32. The maximum absolute atomic E-state index is 8.50. The first-order valence-corrected chi connectivity index (χ1v) is 4.42. The van der Waals surface area contributed by atoms with Gasteiger partial charge in [-0.1, -0.05) is 6.58 Å². The summed E-state index contributed by atoms with van der Waals surface area (Å²) in [7, 11) is 0. The van der Waals surface area contributed by atoms with Gasteiger partial charge >= 0.3 is 0 Å².